The summed E-state index contributed by atoms with van der Waals surface area (Å²) in [6, 6.07) is 10.6. The molecule has 34 heavy (non-hydrogen) atoms. The molecular weight excluding hydrogens is 432 g/mol. The van der Waals surface area contributed by atoms with Gasteiger partial charge in [0.05, 0.1) is 24.3 Å². The van der Waals surface area contributed by atoms with Crippen LogP contribution in [0.25, 0.3) is 0 Å². The van der Waals surface area contributed by atoms with Crippen LogP contribution < -0.4 is 10.6 Å². The van der Waals surface area contributed by atoms with Gasteiger partial charge in [-0.2, -0.15) is 0 Å². The Hall–Kier alpha value is -3.30. The van der Waals surface area contributed by atoms with E-state index in [4.69, 9.17) is 9.47 Å². The minimum Gasteiger partial charge on any atom is -0.366 e. The van der Waals surface area contributed by atoms with Crippen LogP contribution in [0.1, 0.15) is 31.8 Å². The van der Waals surface area contributed by atoms with E-state index in [1.165, 1.54) is 0 Å². The predicted octanol–water partition coefficient (Wildman–Crippen LogP) is 2.89. The second kappa shape index (κ2) is 9.52. The van der Waals surface area contributed by atoms with Crippen molar-refractivity contribution in [2.24, 2.45) is 0 Å². The standard InChI is InChI=1S/C26H28N4O4/c1-3-21(29-11-13-33-15-29)27-19-9-10-20(28-22(4-2)30-12-14-34-16-30)24-23(19)25(31)17-7-5-6-8-18(17)26(24)32/h3-10,21-22,27-28H,1-2,11-16H2. The minimum absolute atomic E-state index is 0.184. The van der Waals surface area contributed by atoms with Gasteiger partial charge >= 0.3 is 0 Å². The number of benzene rings is 2. The third-order valence-electron chi connectivity index (χ3n) is 6.48. The number of rotatable bonds is 8. The summed E-state index contributed by atoms with van der Waals surface area (Å²) in [7, 11) is 0. The van der Waals surface area contributed by atoms with Crippen LogP contribution in [0.3, 0.4) is 0 Å². The fourth-order valence-corrected chi connectivity index (χ4v) is 4.68. The SMILES string of the molecule is C=CC(Nc1ccc(NC(C=C)N2CCOC2)c2c1C(=O)c1ccccc1C2=O)N1CCOC1. The van der Waals surface area contributed by atoms with Crippen LogP contribution in [0, 0.1) is 0 Å². The summed E-state index contributed by atoms with van der Waals surface area (Å²) in [5.74, 6) is -0.368. The van der Waals surface area contributed by atoms with E-state index in [-0.39, 0.29) is 23.9 Å². The maximum Gasteiger partial charge on any atom is 0.196 e. The molecule has 5 rings (SSSR count). The number of hydrogen-bond donors (Lipinski definition) is 2. The van der Waals surface area contributed by atoms with E-state index < -0.39 is 0 Å². The van der Waals surface area contributed by atoms with E-state index >= 15 is 0 Å². The van der Waals surface area contributed by atoms with Crippen LogP contribution in [0.5, 0.6) is 0 Å². The highest BCUT2D eigenvalue weighted by Gasteiger charge is 2.35. The predicted molar refractivity (Wildman–Crippen MR) is 130 cm³/mol. The third-order valence-corrected chi connectivity index (χ3v) is 6.48. The van der Waals surface area contributed by atoms with Crippen molar-refractivity contribution < 1.29 is 19.1 Å². The maximum atomic E-state index is 13.7. The summed E-state index contributed by atoms with van der Waals surface area (Å²) in [6.07, 6.45) is 3.07. The lowest BCUT2D eigenvalue weighted by Crippen LogP contribution is -2.39. The molecule has 0 spiro atoms. The van der Waals surface area contributed by atoms with Crippen molar-refractivity contribution in [2.75, 3.05) is 50.4 Å². The lowest BCUT2D eigenvalue weighted by atomic mass is 9.82. The molecule has 2 aliphatic heterocycles. The van der Waals surface area contributed by atoms with Gasteiger partial charge in [-0.15, -0.1) is 0 Å². The lowest BCUT2D eigenvalue weighted by Gasteiger charge is -2.30. The Morgan fingerprint density at radius 3 is 1.56 bits per heavy atom. The maximum absolute atomic E-state index is 13.7. The van der Waals surface area contributed by atoms with Crippen LogP contribution >= 0.6 is 0 Å². The number of ketones is 2. The molecule has 2 aromatic carbocycles. The summed E-state index contributed by atoms with van der Waals surface area (Å²) in [5.41, 5.74) is 2.72. The number of fused-ring (bicyclic) bond motifs is 2. The van der Waals surface area contributed by atoms with E-state index in [1.54, 1.807) is 36.4 Å². The molecule has 0 amide bonds. The molecule has 8 heteroatoms. The van der Waals surface area contributed by atoms with Crippen LogP contribution in [0.15, 0.2) is 61.7 Å². The molecule has 2 fully saturated rings. The van der Waals surface area contributed by atoms with Gasteiger partial charge < -0.3 is 20.1 Å². The Morgan fingerprint density at radius 1 is 0.765 bits per heavy atom. The molecule has 2 atom stereocenters. The first-order valence-electron chi connectivity index (χ1n) is 11.4. The summed E-state index contributed by atoms with van der Waals surface area (Å²) in [4.78, 5) is 31.5. The Bertz CT molecular complexity index is 1050. The van der Waals surface area contributed by atoms with Crippen molar-refractivity contribution in [3.63, 3.8) is 0 Å². The molecule has 3 aliphatic rings. The van der Waals surface area contributed by atoms with Gasteiger partial charge in [0.25, 0.3) is 0 Å². The molecule has 2 unspecified atom stereocenters. The zero-order chi connectivity index (χ0) is 23.7. The number of ether oxygens (including phenoxy) is 2. The molecule has 2 saturated heterocycles. The van der Waals surface area contributed by atoms with Crippen LogP contribution in [0.4, 0.5) is 11.4 Å². The Morgan fingerprint density at radius 2 is 1.21 bits per heavy atom. The van der Waals surface area contributed by atoms with Gasteiger partial charge in [0.15, 0.2) is 11.6 Å². The first-order chi connectivity index (χ1) is 16.6. The molecule has 0 aromatic heterocycles. The van der Waals surface area contributed by atoms with Gasteiger partial charge in [-0.1, -0.05) is 49.6 Å². The molecule has 1 aliphatic carbocycles. The van der Waals surface area contributed by atoms with Crippen LogP contribution in [-0.2, 0) is 9.47 Å². The summed E-state index contributed by atoms with van der Waals surface area (Å²) < 4.78 is 11.0. The van der Waals surface area contributed by atoms with Crippen molar-refractivity contribution in [1.82, 2.24) is 9.80 Å². The van der Waals surface area contributed by atoms with Gasteiger partial charge in [-0.25, -0.2) is 0 Å². The van der Waals surface area contributed by atoms with Crippen molar-refractivity contribution >= 4 is 22.9 Å². The second-order valence-electron chi connectivity index (χ2n) is 8.46. The number of hydrogen-bond acceptors (Lipinski definition) is 8. The fraction of sp³-hybridized carbons (Fsp3) is 0.308. The van der Waals surface area contributed by atoms with Crippen molar-refractivity contribution in [2.45, 2.75) is 12.3 Å². The van der Waals surface area contributed by atoms with E-state index in [9.17, 15) is 9.59 Å². The average Bonchev–Trinajstić information content (AvgIpc) is 3.59. The van der Waals surface area contributed by atoms with E-state index in [2.05, 4.69) is 33.6 Å². The van der Waals surface area contributed by atoms with Gasteiger partial charge in [-0.05, 0) is 12.1 Å². The molecule has 0 bridgehead atoms. The molecule has 2 N–H and O–H groups in total. The van der Waals surface area contributed by atoms with Crippen molar-refractivity contribution in [3.8, 4) is 0 Å². The van der Waals surface area contributed by atoms with Crippen LogP contribution in [0.2, 0.25) is 0 Å². The normalized spacial score (nSPS) is 19.9. The topological polar surface area (TPSA) is 83.1 Å². The zero-order valence-corrected chi connectivity index (χ0v) is 19.0. The Balaban J connectivity index is 1.58. The highest BCUT2D eigenvalue weighted by atomic mass is 16.5. The quantitative estimate of drug-likeness (QED) is 0.497. The number of anilines is 2. The molecule has 176 valence electrons. The van der Waals surface area contributed by atoms with Gasteiger partial charge in [0.1, 0.15) is 25.8 Å². The molecule has 2 aromatic rings. The van der Waals surface area contributed by atoms with Crippen molar-refractivity contribution in [1.29, 1.82) is 0 Å². The Kier molecular flexibility index (Phi) is 6.30. The molecule has 0 radical (unpaired) electrons. The third kappa shape index (κ3) is 3.95. The van der Waals surface area contributed by atoms with Gasteiger partial charge in [-0.3, -0.25) is 19.4 Å². The van der Waals surface area contributed by atoms with Crippen molar-refractivity contribution in [3.05, 3.63) is 84.0 Å². The molecule has 8 nitrogen and oxygen atoms in total. The summed E-state index contributed by atoms with van der Waals surface area (Å²) in [6.45, 7) is 11.6. The van der Waals surface area contributed by atoms with E-state index in [0.29, 0.717) is 60.3 Å². The molecular formula is C26H28N4O4. The monoisotopic (exact) mass is 460 g/mol. The van der Waals surface area contributed by atoms with Gasteiger partial charge in [0, 0.05) is 35.6 Å². The summed E-state index contributed by atoms with van der Waals surface area (Å²) >= 11 is 0. The number of nitrogens with zero attached hydrogens (tertiary/aromatic N) is 2. The van der Waals surface area contributed by atoms with Crippen LogP contribution in [-0.4, -0.2) is 73.5 Å². The minimum atomic E-state index is -0.242. The largest absolute Gasteiger partial charge is 0.366 e. The number of carbonyl (C=O) groups is 2. The van der Waals surface area contributed by atoms with E-state index in [1.807, 2.05) is 12.1 Å². The zero-order valence-electron chi connectivity index (χ0n) is 19.0. The fourth-order valence-electron chi connectivity index (χ4n) is 4.68. The number of nitrogens with one attached hydrogen (secondary N) is 2. The lowest BCUT2D eigenvalue weighted by molar-refractivity contribution is 0.0979. The van der Waals surface area contributed by atoms with E-state index in [0.717, 1.165) is 13.1 Å². The highest BCUT2D eigenvalue weighted by molar-refractivity contribution is 6.31. The second-order valence-corrected chi connectivity index (χ2v) is 8.46. The smallest absolute Gasteiger partial charge is 0.196 e. The molecule has 0 saturated carbocycles. The average molecular weight is 461 g/mol. The van der Waals surface area contributed by atoms with Gasteiger partial charge in [0.2, 0.25) is 0 Å². The number of carbonyl (C=O) groups excluding carboxylic acids is 2. The summed E-state index contributed by atoms with van der Waals surface area (Å²) in [5, 5.41) is 6.81. The first-order valence-corrected chi connectivity index (χ1v) is 11.4. The molecule has 2 heterocycles. The first kappa shape index (κ1) is 22.5. The Labute approximate surface area is 198 Å². The highest BCUT2D eigenvalue weighted by Crippen LogP contribution is 2.37.